The third-order valence-corrected chi connectivity index (χ3v) is 6.48. The van der Waals surface area contributed by atoms with Crippen molar-refractivity contribution >= 4 is 22.5 Å². The highest BCUT2D eigenvalue weighted by molar-refractivity contribution is 6.14. The van der Waals surface area contributed by atoms with Crippen LogP contribution in [0, 0.1) is 6.92 Å². The van der Waals surface area contributed by atoms with E-state index >= 15 is 0 Å². The van der Waals surface area contributed by atoms with Crippen LogP contribution in [0.25, 0.3) is 10.8 Å². The Morgan fingerprint density at radius 2 is 1.44 bits per heavy atom. The molecule has 4 heteroatoms. The van der Waals surface area contributed by atoms with E-state index in [2.05, 4.69) is 78.8 Å². The van der Waals surface area contributed by atoms with Crippen LogP contribution in [0.3, 0.4) is 0 Å². The van der Waals surface area contributed by atoms with Crippen LogP contribution in [-0.2, 0) is 15.6 Å². The quantitative estimate of drug-likeness (QED) is 0.234. The molecule has 0 amide bonds. The number of ketones is 1. The van der Waals surface area contributed by atoms with Crippen LogP contribution in [0.5, 0.6) is 11.5 Å². The minimum atomic E-state index is -0.411. The lowest BCUT2D eigenvalue weighted by Gasteiger charge is -2.26. The largest absolute Gasteiger partial charge is 0.480 e. The first kappa shape index (κ1) is 24.0. The number of hydrogen-bond donors (Lipinski definition) is 0. The number of esters is 1. The summed E-state index contributed by atoms with van der Waals surface area (Å²) in [6.07, 6.45) is -0.311. The number of Topliss-reactive ketones (excluding diaryl/α,β-unsaturated/α-hetero) is 1. The summed E-state index contributed by atoms with van der Waals surface area (Å²) in [5.74, 6) is 0.743. The summed E-state index contributed by atoms with van der Waals surface area (Å²) in [6, 6.07) is 12.4. The highest BCUT2D eigenvalue weighted by Gasteiger charge is 2.38. The first-order valence-electron chi connectivity index (χ1n) is 11.8. The normalized spacial score (nSPS) is 15.4. The zero-order valence-electron chi connectivity index (χ0n) is 21.7. The summed E-state index contributed by atoms with van der Waals surface area (Å²) in [5, 5.41) is 1.54. The number of carbonyl (C=O) groups excluding carboxylic acids is 2. The maximum absolute atomic E-state index is 13.0. The summed E-state index contributed by atoms with van der Waals surface area (Å²) in [7, 11) is 0. The van der Waals surface area contributed by atoms with Gasteiger partial charge in [0.05, 0.1) is 0 Å². The molecule has 0 aromatic heterocycles. The van der Waals surface area contributed by atoms with Crippen molar-refractivity contribution in [2.75, 3.05) is 0 Å². The maximum atomic E-state index is 13.0. The second kappa shape index (κ2) is 7.97. The topological polar surface area (TPSA) is 52.6 Å². The molecule has 1 atom stereocenters. The molecule has 0 N–H and O–H groups in total. The van der Waals surface area contributed by atoms with Crippen LogP contribution < -0.4 is 9.47 Å². The Kier molecular flexibility index (Phi) is 5.63. The molecule has 0 aliphatic carbocycles. The smallest absolute Gasteiger partial charge is 0.308 e. The highest BCUT2D eigenvalue weighted by atomic mass is 16.5. The molecule has 0 saturated carbocycles. The van der Waals surface area contributed by atoms with Crippen LogP contribution in [-0.4, -0.2) is 11.8 Å². The molecule has 0 saturated heterocycles. The second-order valence-electron chi connectivity index (χ2n) is 11.5. The van der Waals surface area contributed by atoms with Gasteiger partial charge in [0.25, 0.3) is 0 Å². The molecule has 1 aliphatic heterocycles. The summed E-state index contributed by atoms with van der Waals surface area (Å²) in [4.78, 5) is 25.2. The van der Waals surface area contributed by atoms with Gasteiger partial charge in [0.1, 0.15) is 17.6 Å². The molecule has 4 nitrogen and oxygen atoms in total. The molecule has 178 valence electrons. The number of ether oxygens (including phenoxy) is 2. The number of benzene rings is 3. The molecule has 3 aromatic carbocycles. The van der Waals surface area contributed by atoms with Crippen molar-refractivity contribution in [1.82, 2.24) is 0 Å². The Balaban J connectivity index is 2.21. The van der Waals surface area contributed by atoms with E-state index in [4.69, 9.17) is 9.47 Å². The van der Waals surface area contributed by atoms with Crippen molar-refractivity contribution in [3.8, 4) is 11.5 Å². The molecule has 0 fully saturated rings. The lowest BCUT2D eigenvalue weighted by Crippen LogP contribution is -2.17. The van der Waals surface area contributed by atoms with Crippen LogP contribution >= 0.6 is 0 Å². The molecular weight excluding hydrogens is 424 g/mol. The summed E-state index contributed by atoms with van der Waals surface area (Å²) >= 11 is 0. The van der Waals surface area contributed by atoms with Gasteiger partial charge in [-0.1, -0.05) is 71.4 Å². The predicted molar refractivity (Wildman–Crippen MR) is 136 cm³/mol. The second-order valence-corrected chi connectivity index (χ2v) is 11.5. The standard InChI is InChI=1S/C30H34O4/c1-16-10-12-19(13-11-16)26-21-15-23(30(7,8)9)27(33-18(3)32)24-20(17(2)31)14-22(29(4,5)6)28(34-26)25(21)24/h10-15,26H,1-9H3. The molecule has 1 aliphatic rings. The van der Waals surface area contributed by atoms with Gasteiger partial charge in [0.15, 0.2) is 5.78 Å². The van der Waals surface area contributed by atoms with E-state index in [-0.39, 0.29) is 22.7 Å². The Hall–Kier alpha value is -3.14. The molecule has 1 unspecified atom stereocenters. The molecule has 4 rings (SSSR count). The van der Waals surface area contributed by atoms with E-state index in [1.165, 1.54) is 12.5 Å². The zero-order valence-corrected chi connectivity index (χ0v) is 21.7. The number of rotatable bonds is 3. The highest BCUT2D eigenvalue weighted by Crippen LogP contribution is 2.54. The average Bonchev–Trinajstić information content (AvgIpc) is 3.07. The molecule has 0 spiro atoms. The van der Waals surface area contributed by atoms with E-state index < -0.39 is 5.97 Å². The first-order chi connectivity index (χ1) is 15.7. The van der Waals surface area contributed by atoms with Crippen molar-refractivity contribution in [2.45, 2.75) is 79.2 Å². The van der Waals surface area contributed by atoms with Gasteiger partial charge in [-0.15, -0.1) is 0 Å². The van der Waals surface area contributed by atoms with E-state index in [9.17, 15) is 9.59 Å². The van der Waals surface area contributed by atoms with Gasteiger partial charge >= 0.3 is 5.97 Å². The van der Waals surface area contributed by atoms with Gasteiger partial charge in [0.2, 0.25) is 0 Å². The third kappa shape index (κ3) is 4.00. The lowest BCUT2D eigenvalue weighted by atomic mass is 9.78. The monoisotopic (exact) mass is 458 g/mol. The molecule has 1 heterocycles. The molecule has 3 aromatic rings. The summed E-state index contributed by atoms with van der Waals surface area (Å²) in [5.41, 5.74) is 5.06. The van der Waals surface area contributed by atoms with Crippen LogP contribution in [0.4, 0.5) is 0 Å². The van der Waals surface area contributed by atoms with Crippen LogP contribution in [0.1, 0.15) is 99.7 Å². The Morgan fingerprint density at radius 3 is 1.94 bits per heavy atom. The van der Waals surface area contributed by atoms with Crippen LogP contribution in [0.15, 0.2) is 36.4 Å². The molecular formula is C30H34O4. The van der Waals surface area contributed by atoms with Gasteiger partial charge in [-0.2, -0.15) is 0 Å². The average molecular weight is 459 g/mol. The summed E-state index contributed by atoms with van der Waals surface area (Å²) in [6.45, 7) is 17.6. The number of carbonyl (C=O) groups is 2. The maximum Gasteiger partial charge on any atom is 0.308 e. The van der Waals surface area contributed by atoms with Gasteiger partial charge < -0.3 is 9.47 Å². The van der Waals surface area contributed by atoms with Crippen molar-refractivity contribution in [3.05, 3.63) is 69.8 Å². The third-order valence-electron chi connectivity index (χ3n) is 6.48. The lowest BCUT2D eigenvalue weighted by molar-refractivity contribution is -0.131. The van der Waals surface area contributed by atoms with E-state index in [1.54, 1.807) is 6.92 Å². The first-order valence-corrected chi connectivity index (χ1v) is 11.8. The minimum absolute atomic E-state index is 0.0683. The van der Waals surface area contributed by atoms with Crippen molar-refractivity contribution < 1.29 is 19.1 Å². The van der Waals surface area contributed by atoms with E-state index in [0.29, 0.717) is 16.7 Å². The SMILES string of the molecule is CC(=O)Oc1c(C(C)(C)C)cc2c3c(c(C(C)(C)C)cc(C(C)=O)c13)OC2c1ccc(C)cc1. The van der Waals surface area contributed by atoms with Gasteiger partial charge in [-0.3, -0.25) is 9.59 Å². The van der Waals surface area contributed by atoms with Crippen molar-refractivity contribution in [2.24, 2.45) is 0 Å². The van der Waals surface area contributed by atoms with Gasteiger partial charge in [-0.25, -0.2) is 0 Å². The van der Waals surface area contributed by atoms with Crippen molar-refractivity contribution in [3.63, 3.8) is 0 Å². The predicted octanol–water partition coefficient (Wildman–Crippen LogP) is 7.35. The Bertz CT molecular complexity index is 1320. The fourth-order valence-corrected chi connectivity index (χ4v) is 4.75. The van der Waals surface area contributed by atoms with Crippen molar-refractivity contribution in [1.29, 1.82) is 0 Å². The minimum Gasteiger partial charge on any atom is -0.480 e. The fraction of sp³-hybridized carbons (Fsp3) is 0.400. The Morgan fingerprint density at radius 1 is 0.853 bits per heavy atom. The van der Waals surface area contributed by atoms with E-state index in [0.717, 1.165) is 33.4 Å². The van der Waals surface area contributed by atoms with Crippen LogP contribution in [0.2, 0.25) is 0 Å². The number of aryl methyl sites for hydroxylation is 1. The molecule has 0 bridgehead atoms. The number of hydrogen-bond acceptors (Lipinski definition) is 4. The fourth-order valence-electron chi connectivity index (χ4n) is 4.75. The van der Waals surface area contributed by atoms with Gasteiger partial charge in [-0.05, 0) is 42.4 Å². The van der Waals surface area contributed by atoms with E-state index in [1.807, 2.05) is 6.07 Å². The Labute approximate surface area is 202 Å². The summed E-state index contributed by atoms with van der Waals surface area (Å²) < 4.78 is 12.6. The zero-order chi connectivity index (χ0) is 25.2. The molecule has 0 radical (unpaired) electrons. The van der Waals surface area contributed by atoms with Gasteiger partial charge in [0, 0.05) is 39.9 Å². The molecule has 34 heavy (non-hydrogen) atoms.